The van der Waals surface area contributed by atoms with Crippen LogP contribution in [0.1, 0.15) is 12.5 Å². The lowest BCUT2D eigenvalue weighted by Crippen LogP contribution is -2.37. The highest BCUT2D eigenvalue weighted by molar-refractivity contribution is 5.30. The second-order valence-electron chi connectivity index (χ2n) is 4.54. The molecule has 0 amide bonds. The van der Waals surface area contributed by atoms with Crippen molar-refractivity contribution >= 4 is 5.95 Å². The normalized spacial score (nSPS) is 18.1. The summed E-state index contributed by atoms with van der Waals surface area (Å²) in [6, 6.07) is 0. The van der Waals surface area contributed by atoms with Gasteiger partial charge in [-0.2, -0.15) is 0 Å². The maximum absolute atomic E-state index is 5.60. The molecule has 0 radical (unpaired) electrons. The minimum Gasteiger partial charge on any atom is -0.378 e. The van der Waals surface area contributed by atoms with E-state index in [1.165, 1.54) is 0 Å². The van der Waals surface area contributed by atoms with Crippen LogP contribution in [0.4, 0.5) is 5.95 Å². The Kier molecular flexibility index (Phi) is 4.28. The summed E-state index contributed by atoms with van der Waals surface area (Å²) in [5.74, 6) is 1.28. The maximum Gasteiger partial charge on any atom is 0.225 e. The number of aromatic nitrogens is 2. The summed E-state index contributed by atoms with van der Waals surface area (Å²) < 4.78 is 5.30. The van der Waals surface area contributed by atoms with E-state index < -0.39 is 0 Å². The molecule has 0 aromatic carbocycles. The van der Waals surface area contributed by atoms with E-state index in [1.807, 2.05) is 12.4 Å². The first kappa shape index (κ1) is 12.3. The summed E-state index contributed by atoms with van der Waals surface area (Å²) in [7, 11) is 0. The smallest absolute Gasteiger partial charge is 0.225 e. The van der Waals surface area contributed by atoms with Crippen molar-refractivity contribution in [2.24, 2.45) is 11.7 Å². The van der Waals surface area contributed by atoms with Gasteiger partial charge in [-0.25, -0.2) is 9.97 Å². The third-order valence-corrected chi connectivity index (χ3v) is 2.97. The Hall–Kier alpha value is -1.20. The predicted octanol–water partition coefficient (Wildman–Crippen LogP) is 0.450. The zero-order valence-electron chi connectivity index (χ0n) is 10.3. The van der Waals surface area contributed by atoms with Crippen LogP contribution >= 0.6 is 0 Å². The lowest BCUT2D eigenvalue weighted by Gasteiger charge is -2.26. The zero-order chi connectivity index (χ0) is 12.1. The van der Waals surface area contributed by atoms with Crippen LogP contribution in [0, 0.1) is 5.92 Å². The maximum atomic E-state index is 5.60. The molecule has 1 aliphatic heterocycles. The van der Waals surface area contributed by atoms with Crippen molar-refractivity contribution in [3.8, 4) is 0 Å². The molecule has 0 saturated carbocycles. The van der Waals surface area contributed by atoms with Crippen LogP contribution in [0.3, 0.4) is 0 Å². The van der Waals surface area contributed by atoms with Crippen molar-refractivity contribution in [3.05, 3.63) is 18.0 Å². The molecule has 2 rings (SSSR count). The molecule has 0 bridgehead atoms. The van der Waals surface area contributed by atoms with E-state index >= 15 is 0 Å². The third kappa shape index (κ3) is 3.38. The van der Waals surface area contributed by atoms with Crippen LogP contribution in [-0.4, -0.2) is 42.8 Å². The van der Waals surface area contributed by atoms with E-state index in [9.17, 15) is 0 Å². The average molecular weight is 236 g/mol. The van der Waals surface area contributed by atoms with E-state index in [1.54, 1.807) is 0 Å². The van der Waals surface area contributed by atoms with E-state index in [-0.39, 0.29) is 0 Å². The highest BCUT2D eigenvalue weighted by atomic mass is 16.5. The molecule has 94 valence electrons. The SMILES string of the molecule is CC(CN)Cc1cnc(N2CCOCC2)nc1. The second kappa shape index (κ2) is 5.93. The number of morpholine rings is 1. The fourth-order valence-electron chi connectivity index (χ4n) is 1.87. The molecular formula is C12H20N4O. The van der Waals surface area contributed by atoms with Gasteiger partial charge in [-0.3, -0.25) is 0 Å². The van der Waals surface area contributed by atoms with Gasteiger partial charge in [0.15, 0.2) is 0 Å². The van der Waals surface area contributed by atoms with Crippen molar-refractivity contribution < 1.29 is 4.74 Å². The van der Waals surface area contributed by atoms with Crippen LogP contribution in [0.5, 0.6) is 0 Å². The Morgan fingerprint density at radius 3 is 2.59 bits per heavy atom. The number of nitrogens with zero attached hydrogens (tertiary/aromatic N) is 3. The predicted molar refractivity (Wildman–Crippen MR) is 67.0 cm³/mol. The third-order valence-electron chi connectivity index (χ3n) is 2.97. The summed E-state index contributed by atoms with van der Waals surface area (Å²) in [5.41, 5.74) is 6.76. The highest BCUT2D eigenvalue weighted by Gasteiger charge is 2.13. The zero-order valence-corrected chi connectivity index (χ0v) is 10.3. The molecule has 5 heteroatoms. The van der Waals surface area contributed by atoms with Crippen molar-refractivity contribution in [3.63, 3.8) is 0 Å². The highest BCUT2D eigenvalue weighted by Crippen LogP contribution is 2.11. The van der Waals surface area contributed by atoms with Crippen LogP contribution in [0.15, 0.2) is 12.4 Å². The molecule has 1 aliphatic rings. The van der Waals surface area contributed by atoms with Gasteiger partial charge in [0, 0.05) is 25.5 Å². The van der Waals surface area contributed by atoms with Crippen molar-refractivity contribution in [1.82, 2.24) is 9.97 Å². The number of ether oxygens (including phenoxy) is 1. The topological polar surface area (TPSA) is 64.3 Å². The molecule has 1 fully saturated rings. The van der Waals surface area contributed by atoms with Crippen molar-refractivity contribution in [2.45, 2.75) is 13.3 Å². The molecule has 0 spiro atoms. The summed E-state index contributed by atoms with van der Waals surface area (Å²) >= 11 is 0. The number of nitrogens with two attached hydrogens (primary N) is 1. The van der Waals surface area contributed by atoms with Crippen molar-refractivity contribution in [1.29, 1.82) is 0 Å². The van der Waals surface area contributed by atoms with Gasteiger partial charge in [0.05, 0.1) is 13.2 Å². The first-order valence-corrected chi connectivity index (χ1v) is 6.13. The standard InChI is InChI=1S/C12H20N4O/c1-10(7-13)6-11-8-14-12(15-9-11)16-2-4-17-5-3-16/h8-10H,2-7,13H2,1H3. The number of anilines is 1. The van der Waals surface area contributed by atoms with E-state index in [0.717, 1.165) is 44.2 Å². The molecular weight excluding hydrogens is 216 g/mol. The minimum absolute atomic E-state index is 0.479. The Labute approximate surface area is 102 Å². The first-order chi connectivity index (χ1) is 8.29. The van der Waals surface area contributed by atoms with E-state index in [0.29, 0.717) is 12.5 Å². The largest absolute Gasteiger partial charge is 0.378 e. The molecule has 1 atom stereocenters. The average Bonchev–Trinajstić information content (AvgIpc) is 2.40. The van der Waals surface area contributed by atoms with Crippen LogP contribution in [0.2, 0.25) is 0 Å². The number of rotatable bonds is 4. The molecule has 5 nitrogen and oxygen atoms in total. The fourth-order valence-corrected chi connectivity index (χ4v) is 1.87. The molecule has 17 heavy (non-hydrogen) atoms. The Morgan fingerprint density at radius 2 is 2.00 bits per heavy atom. The lowest BCUT2D eigenvalue weighted by molar-refractivity contribution is 0.122. The van der Waals surface area contributed by atoms with Crippen LogP contribution in [0.25, 0.3) is 0 Å². The quantitative estimate of drug-likeness (QED) is 0.822. The van der Waals surface area contributed by atoms with Gasteiger partial charge < -0.3 is 15.4 Å². The number of hydrogen-bond acceptors (Lipinski definition) is 5. The monoisotopic (exact) mass is 236 g/mol. The summed E-state index contributed by atoms with van der Waals surface area (Å²) in [6.45, 7) is 6.10. The van der Waals surface area contributed by atoms with Gasteiger partial charge in [-0.15, -0.1) is 0 Å². The van der Waals surface area contributed by atoms with Crippen LogP contribution in [-0.2, 0) is 11.2 Å². The van der Waals surface area contributed by atoms with Crippen LogP contribution < -0.4 is 10.6 Å². The molecule has 1 unspecified atom stereocenters. The van der Waals surface area contributed by atoms with E-state index in [4.69, 9.17) is 10.5 Å². The van der Waals surface area contributed by atoms with E-state index in [2.05, 4.69) is 21.8 Å². The van der Waals surface area contributed by atoms with Gasteiger partial charge in [-0.05, 0) is 24.4 Å². The molecule has 1 aromatic rings. The summed E-state index contributed by atoms with van der Waals surface area (Å²) in [4.78, 5) is 11.0. The van der Waals surface area contributed by atoms with Crippen molar-refractivity contribution in [2.75, 3.05) is 37.7 Å². The second-order valence-corrected chi connectivity index (χ2v) is 4.54. The van der Waals surface area contributed by atoms with Gasteiger partial charge in [0.1, 0.15) is 0 Å². The Bertz CT molecular complexity index is 335. The summed E-state index contributed by atoms with van der Waals surface area (Å²) in [5, 5.41) is 0. The minimum atomic E-state index is 0.479. The Morgan fingerprint density at radius 1 is 1.35 bits per heavy atom. The lowest BCUT2D eigenvalue weighted by atomic mass is 10.0. The molecule has 1 aromatic heterocycles. The van der Waals surface area contributed by atoms with Gasteiger partial charge in [0.2, 0.25) is 5.95 Å². The molecule has 1 saturated heterocycles. The summed E-state index contributed by atoms with van der Waals surface area (Å²) in [6.07, 6.45) is 4.76. The molecule has 0 aliphatic carbocycles. The number of hydrogen-bond donors (Lipinski definition) is 1. The van der Waals surface area contributed by atoms with Gasteiger partial charge in [0.25, 0.3) is 0 Å². The van der Waals surface area contributed by atoms with Gasteiger partial charge >= 0.3 is 0 Å². The van der Waals surface area contributed by atoms with Gasteiger partial charge in [-0.1, -0.05) is 6.92 Å². The Balaban J connectivity index is 1.97. The molecule has 2 N–H and O–H groups in total. The fraction of sp³-hybridized carbons (Fsp3) is 0.667. The molecule has 2 heterocycles. The first-order valence-electron chi connectivity index (χ1n) is 6.13.